The number of hydrogen-bond acceptors (Lipinski definition) is 4. The average Bonchev–Trinajstić information content (AvgIpc) is 3.06. The van der Waals surface area contributed by atoms with Gasteiger partial charge in [0.1, 0.15) is 0 Å². The molecule has 2 aromatic rings. The molecular formula is C17H19ClN2O4S. The van der Waals surface area contributed by atoms with Gasteiger partial charge in [-0.25, -0.2) is 13.1 Å². The number of sulfonamides is 1. The Morgan fingerprint density at radius 1 is 1.20 bits per heavy atom. The molecule has 134 valence electrons. The Bertz CT molecular complexity index is 870. The van der Waals surface area contributed by atoms with E-state index in [0.29, 0.717) is 11.6 Å². The molecule has 1 aliphatic carbocycles. The molecule has 0 aliphatic heterocycles. The first kappa shape index (κ1) is 18.0. The van der Waals surface area contributed by atoms with E-state index in [2.05, 4.69) is 10.0 Å². The summed E-state index contributed by atoms with van der Waals surface area (Å²) >= 11 is 5.95. The molecule has 0 bridgehead atoms. The molecule has 0 spiro atoms. The number of hydrogen-bond donors (Lipinski definition) is 2. The molecule has 0 unspecified atom stereocenters. The number of halogens is 1. The van der Waals surface area contributed by atoms with Crippen LogP contribution in [0.2, 0.25) is 5.02 Å². The van der Waals surface area contributed by atoms with E-state index >= 15 is 0 Å². The van der Waals surface area contributed by atoms with Crippen molar-refractivity contribution in [3.05, 3.63) is 52.7 Å². The molecule has 6 nitrogen and oxygen atoms in total. The summed E-state index contributed by atoms with van der Waals surface area (Å²) in [5, 5.41) is 3.25. The van der Waals surface area contributed by atoms with Gasteiger partial charge in [-0.1, -0.05) is 30.2 Å². The molecule has 0 atom stereocenters. The molecule has 1 fully saturated rings. The van der Waals surface area contributed by atoms with Crippen molar-refractivity contribution in [2.45, 2.75) is 29.8 Å². The zero-order valence-corrected chi connectivity index (χ0v) is 15.3. The highest BCUT2D eigenvalue weighted by molar-refractivity contribution is 7.89. The van der Waals surface area contributed by atoms with Crippen molar-refractivity contribution in [2.75, 3.05) is 13.6 Å². The van der Waals surface area contributed by atoms with E-state index in [4.69, 9.17) is 16.0 Å². The Labute approximate surface area is 151 Å². The predicted octanol–water partition coefficient (Wildman–Crippen LogP) is 2.69. The van der Waals surface area contributed by atoms with Gasteiger partial charge in [-0.3, -0.25) is 4.79 Å². The fraction of sp³-hybridized carbons (Fsp3) is 0.353. The Kier molecular flexibility index (Phi) is 4.90. The van der Waals surface area contributed by atoms with Crippen LogP contribution in [0, 0.1) is 0 Å². The lowest BCUT2D eigenvalue weighted by Gasteiger charge is -2.42. The van der Waals surface area contributed by atoms with Crippen LogP contribution in [0.3, 0.4) is 0 Å². The summed E-state index contributed by atoms with van der Waals surface area (Å²) in [6, 6.07) is 10.3. The first-order chi connectivity index (χ1) is 11.9. The summed E-state index contributed by atoms with van der Waals surface area (Å²) in [5.41, 5.74) is 1.04. The Morgan fingerprint density at radius 2 is 1.88 bits per heavy atom. The Morgan fingerprint density at radius 3 is 2.44 bits per heavy atom. The van der Waals surface area contributed by atoms with Gasteiger partial charge in [0.15, 0.2) is 5.76 Å². The maximum Gasteiger partial charge on any atom is 0.287 e. The zero-order chi connectivity index (χ0) is 18.1. The van der Waals surface area contributed by atoms with Crippen molar-refractivity contribution in [2.24, 2.45) is 0 Å². The molecule has 1 amide bonds. The lowest BCUT2D eigenvalue weighted by molar-refractivity contribution is 0.0894. The van der Waals surface area contributed by atoms with Crippen LogP contribution >= 0.6 is 11.6 Å². The first-order valence-electron chi connectivity index (χ1n) is 7.94. The SMILES string of the molecule is CNS(=O)(=O)c1ccc(C(=O)NCC2(c3ccc(Cl)cc3)CCC2)o1. The third kappa shape index (κ3) is 3.58. The van der Waals surface area contributed by atoms with Gasteiger partial charge in [0.25, 0.3) is 15.9 Å². The summed E-state index contributed by atoms with van der Waals surface area (Å²) in [6.45, 7) is 0.461. The number of carbonyl (C=O) groups is 1. The molecular weight excluding hydrogens is 364 g/mol. The monoisotopic (exact) mass is 382 g/mol. The minimum atomic E-state index is -3.70. The van der Waals surface area contributed by atoms with Crippen molar-refractivity contribution in [3.8, 4) is 0 Å². The van der Waals surface area contributed by atoms with E-state index in [-0.39, 0.29) is 16.3 Å². The number of nitrogens with one attached hydrogen (secondary N) is 2. The van der Waals surface area contributed by atoms with Crippen molar-refractivity contribution >= 4 is 27.5 Å². The third-order valence-corrected chi connectivity index (χ3v) is 6.23. The van der Waals surface area contributed by atoms with Crippen molar-refractivity contribution in [1.82, 2.24) is 10.0 Å². The number of rotatable bonds is 6. The molecule has 1 aliphatic rings. The van der Waals surface area contributed by atoms with Crippen LogP contribution < -0.4 is 10.0 Å². The molecule has 1 aromatic heterocycles. The van der Waals surface area contributed by atoms with E-state index in [9.17, 15) is 13.2 Å². The molecule has 8 heteroatoms. The van der Waals surface area contributed by atoms with E-state index in [0.717, 1.165) is 24.8 Å². The molecule has 3 rings (SSSR count). The van der Waals surface area contributed by atoms with Gasteiger partial charge in [0, 0.05) is 17.0 Å². The number of amides is 1. The topological polar surface area (TPSA) is 88.4 Å². The summed E-state index contributed by atoms with van der Waals surface area (Å²) in [5.74, 6) is -0.461. The van der Waals surface area contributed by atoms with E-state index in [1.54, 1.807) is 0 Å². The quantitative estimate of drug-likeness (QED) is 0.803. The van der Waals surface area contributed by atoms with Crippen molar-refractivity contribution < 1.29 is 17.6 Å². The van der Waals surface area contributed by atoms with Crippen LogP contribution in [0.5, 0.6) is 0 Å². The number of benzene rings is 1. The molecule has 1 aromatic carbocycles. The summed E-state index contributed by atoms with van der Waals surface area (Å²) in [7, 11) is -2.42. The largest absolute Gasteiger partial charge is 0.438 e. The second kappa shape index (κ2) is 6.82. The Hall–Kier alpha value is -1.83. The predicted molar refractivity (Wildman–Crippen MR) is 94.3 cm³/mol. The normalized spacial score (nSPS) is 16.2. The molecule has 1 saturated carbocycles. The smallest absolute Gasteiger partial charge is 0.287 e. The van der Waals surface area contributed by atoms with Crippen molar-refractivity contribution in [3.63, 3.8) is 0 Å². The van der Waals surface area contributed by atoms with Gasteiger partial charge < -0.3 is 9.73 Å². The highest BCUT2D eigenvalue weighted by atomic mass is 35.5. The minimum Gasteiger partial charge on any atom is -0.438 e. The van der Waals surface area contributed by atoms with E-state index in [1.807, 2.05) is 24.3 Å². The Balaban J connectivity index is 1.70. The number of furan rings is 1. The van der Waals surface area contributed by atoms with E-state index in [1.165, 1.54) is 19.2 Å². The maximum atomic E-state index is 12.3. The van der Waals surface area contributed by atoms with Crippen molar-refractivity contribution in [1.29, 1.82) is 0 Å². The van der Waals surface area contributed by atoms with Gasteiger partial charge in [0.05, 0.1) is 0 Å². The average molecular weight is 383 g/mol. The molecule has 2 N–H and O–H groups in total. The second-order valence-corrected chi connectivity index (χ2v) is 8.40. The fourth-order valence-electron chi connectivity index (χ4n) is 3.00. The van der Waals surface area contributed by atoms with Crippen LogP contribution in [0.25, 0.3) is 0 Å². The van der Waals surface area contributed by atoms with Gasteiger partial charge in [-0.15, -0.1) is 0 Å². The second-order valence-electron chi connectivity index (χ2n) is 6.15. The highest BCUT2D eigenvalue weighted by Crippen LogP contribution is 2.43. The maximum absolute atomic E-state index is 12.3. The summed E-state index contributed by atoms with van der Waals surface area (Å²) < 4.78 is 30.7. The molecule has 1 heterocycles. The van der Waals surface area contributed by atoms with Gasteiger partial charge in [0.2, 0.25) is 5.09 Å². The van der Waals surface area contributed by atoms with Gasteiger partial charge in [-0.05, 0) is 49.7 Å². The van der Waals surface area contributed by atoms with Crippen LogP contribution in [-0.2, 0) is 15.4 Å². The van der Waals surface area contributed by atoms with Crippen LogP contribution in [0.4, 0.5) is 0 Å². The molecule has 0 saturated heterocycles. The molecule has 0 radical (unpaired) electrons. The van der Waals surface area contributed by atoms with Gasteiger partial charge >= 0.3 is 0 Å². The summed E-state index contributed by atoms with van der Waals surface area (Å²) in [6.07, 6.45) is 3.06. The van der Waals surface area contributed by atoms with Crippen LogP contribution in [0.15, 0.2) is 45.9 Å². The fourth-order valence-corrected chi connectivity index (χ4v) is 3.77. The van der Waals surface area contributed by atoms with Crippen LogP contribution in [-0.4, -0.2) is 27.9 Å². The zero-order valence-electron chi connectivity index (χ0n) is 13.7. The standard InChI is InChI=1S/C17H19ClN2O4S/c1-19-25(22,23)15-8-7-14(24-15)16(21)20-11-17(9-2-10-17)12-3-5-13(18)6-4-12/h3-8,19H,2,9-11H2,1H3,(H,20,21). The number of carbonyl (C=O) groups excluding carboxylic acids is 1. The minimum absolute atomic E-state index is 0.0283. The lowest BCUT2D eigenvalue weighted by Crippen LogP contribution is -2.45. The van der Waals surface area contributed by atoms with Gasteiger partial charge in [-0.2, -0.15) is 0 Å². The third-order valence-electron chi connectivity index (χ3n) is 4.69. The highest BCUT2D eigenvalue weighted by Gasteiger charge is 2.39. The lowest BCUT2D eigenvalue weighted by atomic mass is 9.64. The molecule has 25 heavy (non-hydrogen) atoms. The van der Waals surface area contributed by atoms with Crippen LogP contribution in [0.1, 0.15) is 35.4 Å². The van der Waals surface area contributed by atoms with E-state index < -0.39 is 15.9 Å². The summed E-state index contributed by atoms with van der Waals surface area (Å²) in [4.78, 5) is 12.3. The first-order valence-corrected chi connectivity index (χ1v) is 9.80.